The maximum atomic E-state index is 11.5. The van der Waals surface area contributed by atoms with E-state index in [0.29, 0.717) is 38.1 Å². The molecular weight excluding hydrogens is 365 g/mol. The first kappa shape index (κ1) is 15.3. The molecule has 20 heavy (non-hydrogen) atoms. The summed E-state index contributed by atoms with van der Waals surface area (Å²) in [5, 5.41) is 0.921. The summed E-state index contributed by atoms with van der Waals surface area (Å²) in [5.41, 5.74) is 0.416. The van der Waals surface area contributed by atoms with Crippen LogP contribution < -0.4 is 4.74 Å². The molecule has 104 valence electrons. The van der Waals surface area contributed by atoms with Gasteiger partial charge in [0, 0.05) is 17.0 Å². The highest BCUT2D eigenvalue weighted by Crippen LogP contribution is 2.36. The van der Waals surface area contributed by atoms with Crippen LogP contribution in [0, 0.1) is 0 Å². The molecule has 0 N–H and O–H groups in total. The standard InChI is InChI=1S/C14H10BrCl2NO2/c1-2-13(19)12-4-3-8(7-18-12)20-14-6-10(16)9(15)5-11(14)17/h3-7H,2H2,1H3. The Hall–Kier alpha value is -1.10. The smallest absolute Gasteiger partial charge is 0.180 e. The van der Waals surface area contributed by atoms with Gasteiger partial charge in [0.15, 0.2) is 5.78 Å². The van der Waals surface area contributed by atoms with Crippen molar-refractivity contribution in [2.24, 2.45) is 0 Å². The van der Waals surface area contributed by atoms with Gasteiger partial charge in [0.05, 0.1) is 16.2 Å². The maximum Gasteiger partial charge on any atom is 0.180 e. The molecule has 1 aromatic carbocycles. The molecule has 0 aliphatic heterocycles. The van der Waals surface area contributed by atoms with Crippen LogP contribution >= 0.6 is 39.1 Å². The molecule has 0 bridgehead atoms. The van der Waals surface area contributed by atoms with E-state index in [2.05, 4.69) is 20.9 Å². The SMILES string of the molecule is CCC(=O)c1ccc(Oc2cc(Cl)c(Br)cc2Cl)cn1. The van der Waals surface area contributed by atoms with Gasteiger partial charge in [0.25, 0.3) is 0 Å². The van der Waals surface area contributed by atoms with Crippen LogP contribution in [0.25, 0.3) is 0 Å². The fraction of sp³-hybridized carbons (Fsp3) is 0.143. The van der Waals surface area contributed by atoms with E-state index in [1.54, 1.807) is 31.2 Å². The van der Waals surface area contributed by atoms with Crippen molar-refractivity contribution in [1.29, 1.82) is 0 Å². The van der Waals surface area contributed by atoms with Crippen molar-refractivity contribution in [3.63, 3.8) is 0 Å². The summed E-state index contributed by atoms with van der Waals surface area (Å²) < 4.78 is 6.30. The lowest BCUT2D eigenvalue weighted by Gasteiger charge is -2.09. The van der Waals surface area contributed by atoms with Crippen molar-refractivity contribution >= 4 is 44.9 Å². The molecule has 0 unspecified atom stereocenters. The van der Waals surface area contributed by atoms with Crippen molar-refractivity contribution in [3.05, 3.63) is 50.7 Å². The topological polar surface area (TPSA) is 39.2 Å². The summed E-state index contributed by atoms with van der Waals surface area (Å²) in [4.78, 5) is 15.5. The Morgan fingerprint density at radius 2 is 2.05 bits per heavy atom. The van der Waals surface area contributed by atoms with Crippen LogP contribution in [0.2, 0.25) is 10.0 Å². The van der Waals surface area contributed by atoms with Crippen LogP contribution in [0.5, 0.6) is 11.5 Å². The van der Waals surface area contributed by atoms with E-state index in [9.17, 15) is 4.79 Å². The summed E-state index contributed by atoms with van der Waals surface area (Å²) in [7, 11) is 0. The number of benzene rings is 1. The van der Waals surface area contributed by atoms with Gasteiger partial charge in [-0.1, -0.05) is 30.1 Å². The molecule has 0 spiro atoms. The molecule has 0 saturated heterocycles. The average molecular weight is 375 g/mol. The molecule has 0 aliphatic rings. The number of aromatic nitrogens is 1. The number of hydrogen-bond acceptors (Lipinski definition) is 3. The van der Waals surface area contributed by atoms with Crippen molar-refractivity contribution in [1.82, 2.24) is 4.98 Å². The Labute approximate surface area is 135 Å². The Bertz CT molecular complexity index is 644. The van der Waals surface area contributed by atoms with Gasteiger partial charge in [-0.25, -0.2) is 4.98 Å². The summed E-state index contributed by atoms with van der Waals surface area (Å²) in [6.45, 7) is 1.79. The number of halogens is 3. The summed E-state index contributed by atoms with van der Waals surface area (Å²) in [6.07, 6.45) is 1.90. The summed E-state index contributed by atoms with van der Waals surface area (Å²) in [6, 6.07) is 6.55. The lowest BCUT2D eigenvalue weighted by atomic mass is 10.2. The first-order chi connectivity index (χ1) is 9.51. The second-order valence-electron chi connectivity index (χ2n) is 3.95. The molecule has 2 aromatic rings. The largest absolute Gasteiger partial charge is 0.454 e. The average Bonchev–Trinajstić information content (AvgIpc) is 2.44. The maximum absolute atomic E-state index is 11.5. The fourth-order valence-electron chi connectivity index (χ4n) is 1.50. The third kappa shape index (κ3) is 3.51. The number of hydrogen-bond donors (Lipinski definition) is 0. The van der Waals surface area contributed by atoms with Crippen LogP contribution in [-0.4, -0.2) is 10.8 Å². The van der Waals surface area contributed by atoms with E-state index < -0.39 is 0 Å². The zero-order valence-electron chi connectivity index (χ0n) is 10.5. The van der Waals surface area contributed by atoms with E-state index in [4.69, 9.17) is 27.9 Å². The van der Waals surface area contributed by atoms with E-state index in [-0.39, 0.29) is 5.78 Å². The summed E-state index contributed by atoms with van der Waals surface area (Å²) >= 11 is 15.3. The van der Waals surface area contributed by atoms with Gasteiger partial charge in [-0.3, -0.25) is 4.79 Å². The van der Waals surface area contributed by atoms with Crippen LogP contribution in [0.15, 0.2) is 34.9 Å². The molecule has 0 atom stereocenters. The fourth-order valence-corrected chi connectivity index (χ4v) is 2.33. The van der Waals surface area contributed by atoms with E-state index in [1.165, 1.54) is 6.20 Å². The molecule has 6 heteroatoms. The van der Waals surface area contributed by atoms with Gasteiger partial charge in [0.1, 0.15) is 17.2 Å². The van der Waals surface area contributed by atoms with Gasteiger partial charge in [-0.15, -0.1) is 0 Å². The third-order valence-corrected chi connectivity index (χ3v) is 4.04. The van der Waals surface area contributed by atoms with Crippen molar-refractivity contribution in [2.45, 2.75) is 13.3 Å². The van der Waals surface area contributed by atoms with Crippen LogP contribution in [0.3, 0.4) is 0 Å². The Morgan fingerprint density at radius 3 is 2.65 bits per heavy atom. The van der Waals surface area contributed by atoms with Gasteiger partial charge in [0.2, 0.25) is 0 Å². The van der Waals surface area contributed by atoms with Crippen LogP contribution in [0.1, 0.15) is 23.8 Å². The van der Waals surface area contributed by atoms with Gasteiger partial charge in [-0.05, 0) is 34.1 Å². The number of ether oxygens (including phenoxy) is 1. The predicted molar refractivity (Wildman–Crippen MR) is 83.1 cm³/mol. The first-order valence-electron chi connectivity index (χ1n) is 5.83. The summed E-state index contributed by atoms with van der Waals surface area (Å²) in [5.74, 6) is 0.899. The second kappa shape index (κ2) is 6.57. The van der Waals surface area contributed by atoms with Crippen LogP contribution in [0.4, 0.5) is 0 Å². The minimum absolute atomic E-state index is 0.0127. The number of rotatable bonds is 4. The van der Waals surface area contributed by atoms with Crippen molar-refractivity contribution in [3.8, 4) is 11.5 Å². The number of pyridine rings is 1. The molecule has 1 aromatic heterocycles. The molecule has 3 nitrogen and oxygen atoms in total. The molecule has 0 radical (unpaired) electrons. The number of carbonyl (C=O) groups excluding carboxylic acids is 1. The number of carbonyl (C=O) groups is 1. The second-order valence-corrected chi connectivity index (χ2v) is 5.62. The Kier molecular flexibility index (Phi) is 5.02. The number of nitrogens with zero attached hydrogens (tertiary/aromatic N) is 1. The molecule has 1 heterocycles. The van der Waals surface area contributed by atoms with E-state index in [0.717, 1.165) is 0 Å². The van der Waals surface area contributed by atoms with Crippen molar-refractivity contribution in [2.75, 3.05) is 0 Å². The van der Waals surface area contributed by atoms with Gasteiger partial charge in [-0.2, -0.15) is 0 Å². The normalized spacial score (nSPS) is 10.4. The van der Waals surface area contributed by atoms with Crippen LogP contribution in [-0.2, 0) is 0 Å². The quantitative estimate of drug-likeness (QED) is 0.521. The van der Waals surface area contributed by atoms with Gasteiger partial charge >= 0.3 is 0 Å². The predicted octanol–water partition coefficient (Wildman–Crippen LogP) is 5.54. The molecule has 2 rings (SSSR count). The zero-order valence-corrected chi connectivity index (χ0v) is 13.6. The van der Waals surface area contributed by atoms with Crippen molar-refractivity contribution < 1.29 is 9.53 Å². The molecule has 0 saturated carbocycles. The zero-order chi connectivity index (χ0) is 14.7. The van der Waals surface area contributed by atoms with E-state index >= 15 is 0 Å². The molecular formula is C14H10BrCl2NO2. The highest BCUT2D eigenvalue weighted by molar-refractivity contribution is 9.10. The van der Waals surface area contributed by atoms with E-state index in [1.807, 2.05) is 0 Å². The monoisotopic (exact) mass is 373 g/mol. The highest BCUT2D eigenvalue weighted by Gasteiger charge is 2.09. The number of Topliss-reactive ketones (excluding diaryl/α,β-unsaturated/α-hetero) is 1. The molecule has 0 amide bonds. The lowest BCUT2D eigenvalue weighted by Crippen LogP contribution is -1.99. The lowest BCUT2D eigenvalue weighted by molar-refractivity contribution is 0.0983. The molecule has 0 aliphatic carbocycles. The Morgan fingerprint density at radius 1 is 1.30 bits per heavy atom. The number of ketones is 1. The Balaban J connectivity index is 2.22. The van der Waals surface area contributed by atoms with Gasteiger partial charge < -0.3 is 4.74 Å². The minimum atomic E-state index is -0.0127. The highest BCUT2D eigenvalue weighted by atomic mass is 79.9. The third-order valence-electron chi connectivity index (χ3n) is 2.55. The first-order valence-corrected chi connectivity index (χ1v) is 7.37. The minimum Gasteiger partial charge on any atom is -0.454 e. The molecule has 0 fully saturated rings.